The van der Waals surface area contributed by atoms with Gasteiger partial charge in [-0.25, -0.2) is 0 Å². The minimum absolute atomic E-state index is 0.528. The van der Waals surface area contributed by atoms with E-state index in [2.05, 4.69) is 29.6 Å². The molecule has 0 aliphatic rings. The summed E-state index contributed by atoms with van der Waals surface area (Å²) in [5, 5.41) is 4.09. The van der Waals surface area contributed by atoms with E-state index in [9.17, 15) is 0 Å². The lowest BCUT2D eigenvalue weighted by Gasteiger charge is -2.17. The molecule has 0 spiro atoms. The predicted molar refractivity (Wildman–Crippen MR) is 89.3 cm³/mol. The van der Waals surface area contributed by atoms with E-state index in [-0.39, 0.29) is 0 Å². The van der Waals surface area contributed by atoms with Crippen molar-refractivity contribution in [3.63, 3.8) is 0 Å². The number of ether oxygens (including phenoxy) is 1. The summed E-state index contributed by atoms with van der Waals surface area (Å²) in [7, 11) is 3.70. The quantitative estimate of drug-likeness (QED) is 0.835. The summed E-state index contributed by atoms with van der Waals surface area (Å²) in [6.45, 7) is 0.976. The van der Waals surface area contributed by atoms with E-state index in [1.54, 1.807) is 7.11 Å². The van der Waals surface area contributed by atoms with Crippen molar-refractivity contribution in [2.45, 2.75) is 12.8 Å². The first-order chi connectivity index (χ1) is 10.2. The van der Waals surface area contributed by atoms with Crippen LogP contribution in [0.2, 0.25) is 5.02 Å². The topological polar surface area (TPSA) is 21.3 Å². The molecule has 2 aromatic rings. The SMILES string of the molecule is CNCC(Cc1cccc(Cl)c1)Cc1cccc(OC)c1. The van der Waals surface area contributed by atoms with Gasteiger partial charge in [0.25, 0.3) is 0 Å². The highest BCUT2D eigenvalue weighted by Crippen LogP contribution is 2.20. The molecule has 0 heterocycles. The zero-order chi connectivity index (χ0) is 15.1. The molecule has 2 aromatic carbocycles. The maximum Gasteiger partial charge on any atom is 0.119 e. The van der Waals surface area contributed by atoms with Crippen LogP contribution in [0.5, 0.6) is 5.75 Å². The zero-order valence-electron chi connectivity index (χ0n) is 12.6. The van der Waals surface area contributed by atoms with Gasteiger partial charge in [0.15, 0.2) is 0 Å². The van der Waals surface area contributed by atoms with E-state index in [0.29, 0.717) is 5.92 Å². The van der Waals surface area contributed by atoms with Crippen molar-refractivity contribution >= 4 is 11.6 Å². The van der Waals surface area contributed by atoms with Crippen molar-refractivity contribution in [2.24, 2.45) is 5.92 Å². The van der Waals surface area contributed by atoms with Crippen molar-refractivity contribution < 1.29 is 4.74 Å². The van der Waals surface area contributed by atoms with Crippen LogP contribution in [0.25, 0.3) is 0 Å². The van der Waals surface area contributed by atoms with E-state index in [0.717, 1.165) is 30.2 Å². The molecule has 1 atom stereocenters. The number of nitrogens with one attached hydrogen (secondary N) is 1. The Hall–Kier alpha value is -1.51. The highest BCUT2D eigenvalue weighted by molar-refractivity contribution is 6.30. The molecule has 2 rings (SSSR count). The summed E-state index contributed by atoms with van der Waals surface area (Å²) in [5.41, 5.74) is 2.59. The van der Waals surface area contributed by atoms with Gasteiger partial charge in [0.05, 0.1) is 7.11 Å². The van der Waals surface area contributed by atoms with Gasteiger partial charge in [-0.15, -0.1) is 0 Å². The number of methoxy groups -OCH3 is 1. The Morgan fingerprint density at radius 2 is 1.71 bits per heavy atom. The Morgan fingerprint density at radius 1 is 1.05 bits per heavy atom. The van der Waals surface area contributed by atoms with E-state index in [1.165, 1.54) is 11.1 Å². The number of benzene rings is 2. The molecule has 112 valence electrons. The first kappa shape index (κ1) is 15.9. The summed E-state index contributed by atoms with van der Waals surface area (Å²) in [6.07, 6.45) is 2.03. The molecule has 3 heteroatoms. The smallest absolute Gasteiger partial charge is 0.119 e. The van der Waals surface area contributed by atoms with Gasteiger partial charge in [0.1, 0.15) is 5.75 Å². The van der Waals surface area contributed by atoms with Crippen molar-refractivity contribution in [3.05, 3.63) is 64.7 Å². The van der Waals surface area contributed by atoms with Crippen LogP contribution in [0.3, 0.4) is 0 Å². The third-order valence-electron chi connectivity index (χ3n) is 3.56. The Bertz CT molecular complexity index is 571. The fourth-order valence-electron chi connectivity index (χ4n) is 2.64. The second-order valence-electron chi connectivity index (χ2n) is 5.31. The molecule has 0 saturated heterocycles. The molecular weight excluding hydrogens is 282 g/mol. The second-order valence-corrected chi connectivity index (χ2v) is 5.75. The van der Waals surface area contributed by atoms with Gasteiger partial charge in [0.2, 0.25) is 0 Å². The second kappa shape index (κ2) is 8.06. The zero-order valence-corrected chi connectivity index (χ0v) is 13.4. The van der Waals surface area contributed by atoms with Crippen molar-refractivity contribution in [1.82, 2.24) is 5.32 Å². The Morgan fingerprint density at radius 3 is 2.33 bits per heavy atom. The third kappa shape index (κ3) is 5.07. The lowest BCUT2D eigenvalue weighted by atomic mass is 9.92. The van der Waals surface area contributed by atoms with Gasteiger partial charge in [-0.3, -0.25) is 0 Å². The number of rotatable bonds is 7. The molecule has 21 heavy (non-hydrogen) atoms. The maximum absolute atomic E-state index is 6.07. The summed E-state index contributed by atoms with van der Waals surface area (Å²) in [5.74, 6) is 1.44. The average Bonchev–Trinajstić information content (AvgIpc) is 2.48. The third-order valence-corrected chi connectivity index (χ3v) is 3.80. The largest absolute Gasteiger partial charge is 0.497 e. The van der Waals surface area contributed by atoms with Crippen LogP contribution in [0, 0.1) is 5.92 Å². The van der Waals surface area contributed by atoms with E-state index in [4.69, 9.17) is 16.3 Å². The fourth-order valence-corrected chi connectivity index (χ4v) is 2.85. The maximum atomic E-state index is 6.07. The van der Waals surface area contributed by atoms with E-state index < -0.39 is 0 Å². The molecule has 1 N–H and O–H groups in total. The summed E-state index contributed by atoms with van der Waals surface area (Å²) in [4.78, 5) is 0. The monoisotopic (exact) mass is 303 g/mol. The van der Waals surface area contributed by atoms with Crippen molar-refractivity contribution in [1.29, 1.82) is 0 Å². The minimum atomic E-state index is 0.528. The Balaban J connectivity index is 2.07. The van der Waals surface area contributed by atoms with Crippen LogP contribution >= 0.6 is 11.6 Å². The van der Waals surface area contributed by atoms with Gasteiger partial charge < -0.3 is 10.1 Å². The van der Waals surface area contributed by atoms with Crippen LogP contribution in [-0.4, -0.2) is 20.7 Å². The van der Waals surface area contributed by atoms with Crippen LogP contribution in [0.15, 0.2) is 48.5 Å². The van der Waals surface area contributed by atoms with E-state index in [1.807, 2.05) is 31.3 Å². The highest BCUT2D eigenvalue weighted by atomic mass is 35.5. The Kier molecular flexibility index (Phi) is 6.09. The molecule has 0 aromatic heterocycles. The summed E-state index contributed by atoms with van der Waals surface area (Å²) < 4.78 is 5.30. The molecule has 0 radical (unpaired) electrons. The van der Waals surface area contributed by atoms with Crippen molar-refractivity contribution in [3.8, 4) is 5.75 Å². The molecular formula is C18H22ClNO. The Labute approximate surface area is 132 Å². The van der Waals surface area contributed by atoms with Gasteiger partial charge in [-0.05, 0) is 67.7 Å². The molecule has 0 fully saturated rings. The standard InChI is InChI=1S/C18H22ClNO/c1-20-13-16(9-14-5-3-7-17(19)11-14)10-15-6-4-8-18(12-15)21-2/h3-8,11-12,16,20H,9-10,13H2,1-2H3. The van der Waals surface area contributed by atoms with Crippen LogP contribution in [0.4, 0.5) is 0 Å². The van der Waals surface area contributed by atoms with Crippen LogP contribution in [0.1, 0.15) is 11.1 Å². The summed E-state index contributed by atoms with van der Waals surface area (Å²) >= 11 is 6.07. The minimum Gasteiger partial charge on any atom is -0.497 e. The molecule has 0 bridgehead atoms. The molecule has 1 unspecified atom stereocenters. The molecule has 0 aliphatic heterocycles. The van der Waals surface area contributed by atoms with Crippen molar-refractivity contribution in [2.75, 3.05) is 20.7 Å². The molecule has 2 nitrogen and oxygen atoms in total. The van der Waals surface area contributed by atoms with Gasteiger partial charge in [-0.2, -0.15) is 0 Å². The lowest BCUT2D eigenvalue weighted by molar-refractivity contribution is 0.413. The average molecular weight is 304 g/mol. The molecule has 0 amide bonds. The van der Waals surface area contributed by atoms with Crippen LogP contribution < -0.4 is 10.1 Å². The lowest BCUT2D eigenvalue weighted by Crippen LogP contribution is -2.22. The highest BCUT2D eigenvalue weighted by Gasteiger charge is 2.11. The molecule has 0 saturated carbocycles. The molecule has 0 aliphatic carbocycles. The fraction of sp³-hybridized carbons (Fsp3) is 0.333. The number of hydrogen-bond acceptors (Lipinski definition) is 2. The van der Waals surface area contributed by atoms with Gasteiger partial charge in [-0.1, -0.05) is 35.9 Å². The van der Waals surface area contributed by atoms with Gasteiger partial charge >= 0.3 is 0 Å². The number of halogens is 1. The van der Waals surface area contributed by atoms with Gasteiger partial charge in [0, 0.05) is 5.02 Å². The summed E-state index contributed by atoms with van der Waals surface area (Å²) in [6, 6.07) is 16.4. The van der Waals surface area contributed by atoms with E-state index >= 15 is 0 Å². The first-order valence-corrected chi connectivity index (χ1v) is 7.61. The number of hydrogen-bond donors (Lipinski definition) is 1. The predicted octanol–water partition coefficient (Wildman–Crippen LogP) is 3.97. The van der Waals surface area contributed by atoms with Crippen LogP contribution in [-0.2, 0) is 12.8 Å². The first-order valence-electron chi connectivity index (χ1n) is 7.23. The normalized spacial score (nSPS) is 12.1.